The summed E-state index contributed by atoms with van der Waals surface area (Å²) >= 11 is 0. The first-order valence-electron chi connectivity index (χ1n) is 16.7. The molecule has 0 radical (unpaired) electrons. The minimum absolute atomic E-state index is 0.111. The number of fused-ring (bicyclic) bond motifs is 1. The van der Waals surface area contributed by atoms with Crippen LogP contribution in [0.4, 0.5) is 10.5 Å². The number of carbonyl (C=O) groups excluding carboxylic acids is 5. The van der Waals surface area contributed by atoms with Gasteiger partial charge in [-0.2, -0.15) is 4.99 Å². The zero-order valence-corrected chi connectivity index (χ0v) is 29.8. The number of anilines is 1. The van der Waals surface area contributed by atoms with E-state index in [0.29, 0.717) is 40.5 Å². The third-order valence-corrected chi connectivity index (χ3v) is 8.14. The fourth-order valence-electron chi connectivity index (χ4n) is 5.82. The quantitative estimate of drug-likeness (QED) is 0.179. The number of ketones is 1. The van der Waals surface area contributed by atoms with Crippen molar-refractivity contribution in [1.82, 2.24) is 10.2 Å². The molecule has 0 unspecified atom stereocenters. The molecular formula is C36H46N4O10. The molecule has 2 aromatic carbocycles. The van der Waals surface area contributed by atoms with Gasteiger partial charge in [0.2, 0.25) is 6.79 Å². The fraction of sp³-hybridized carbons (Fsp3) is 0.500. The number of benzene rings is 2. The smallest absolute Gasteiger partial charge is 0.438 e. The maximum atomic E-state index is 14.2. The van der Waals surface area contributed by atoms with Crippen LogP contribution in [0.15, 0.2) is 29.3 Å². The second kappa shape index (κ2) is 16.5. The number of amidine groups is 1. The molecule has 50 heavy (non-hydrogen) atoms. The number of rotatable bonds is 13. The molecule has 270 valence electrons. The summed E-state index contributed by atoms with van der Waals surface area (Å²) in [6, 6.07) is 6.84. The molecule has 14 heteroatoms. The minimum Gasteiger partial charge on any atom is -0.493 e. The van der Waals surface area contributed by atoms with Crippen LogP contribution in [0.3, 0.4) is 0 Å². The Balaban J connectivity index is 1.76. The monoisotopic (exact) mass is 694 g/mol. The number of nitrogens with one attached hydrogen (secondary N) is 1. The number of esters is 2. The van der Waals surface area contributed by atoms with Crippen molar-refractivity contribution in [3.05, 3.63) is 52.1 Å². The van der Waals surface area contributed by atoms with E-state index in [-0.39, 0.29) is 43.5 Å². The summed E-state index contributed by atoms with van der Waals surface area (Å²) in [6.07, 6.45) is 0.902. The summed E-state index contributed by atoms with van der Waals surface area (Å²) in [6.45, 7) is 11.9. The van der Waals surface area contributed by atoms with E-state index in [0.717, 1.165) is 31.5 Å². The van der Waals surface area contributed by atoms with Gasteiger partial charge in [-0.05, 0) is 61.9 Å². The van der Waals surface area contributed by atoms with Gasteiger partial charge in [-0.3, -0.25) is 14.4 Å². The van der Waals surface area contributed by atoms with E-state index in [1.807, 2.05) is 20.8 Å². The van der Waals surface area contributed by atoms with E-state index in [1.165, 1.54) is 14.0 Å². The predicted octanol–water partition coefficient (Wildman–Crippen LogP) is 4.39. The van der Waals surface area contributed by atoms with Gasteiger partial charge in [0.1, 0.15) is 17.3 Å². The lowest BCUT2D eigenvalue weighted by atomic mass is 9.84. The van der Waals surface area contributed by atoms with Crippen LogP contribution in [-0.2, 0) is 35.8 Å². The van der Waals surface area contributed by atoms with E-state index < -0.39 is 36.1 Å². The molecule has 1 fully saturated rings. The maximum absolute atomic E-state index is 14.2. The van der Waals surface area contributed by atoms with Crippen molar-refractivity contribution >= 4 is 41.2 Å². The molecule has 1 N–H and O–H groups in total. The van der Waals surface area contributed by atoms with Gasteiger partial charge in [0.05, 0.1) is 31.0 Å². The molecule has 2 aliphatic rings. The average Bonchev–Trinajstić information content (AvgIpc) is 3.71. The molecule has 2 aliphatic heterocycles. The largest absolute Gasteiger partial charge is 0.493 e. The topological polar surface area (TPSA) is 162 Å². The zero-order chi connectivity index (χ0) is 36.6. The molecule has 0 aromatic heterocycles. The van der Waals surface area contributed by atoms with E-state index >= 15 is 0 Å². The van der Waals surface area contributed by atoms with Crippen molar-refractivity contribution in [2.24, 2.45) is 4.99 Å². The Bertz CT molecular complexity index is 1660. The molecule has 0 atom stereocenters. The molecule has 4 rings (SSSR count). The summed E-state index contributed by atoms with van der Waals surface area (Å²) in [5, 5.41) is 2.60. The molecule has 0 saturated carbocycles. The molecule has 14 nitrogen and oxygen atoms in total. The highest BCUT2D eigenvalue weighted by Gasteiger charge is 2.33. The molecule has 0 aliphatic carbocycles. The summed E-state index contributed by atoms with van der Waals surface area (Å²) in [4.78, 5) is 71.2. The third-order valence-electron chi connectivity index (χ3n) is 8.14. The van der Waals surface area contributed by atoms with E-state index in [1.54, 1.807) is 43.0 Å². The van der Waals surface area contributed by atoms with Crippen LogP contribution in [0.25, 0.3) is 0 Å². The SMILES string of the molecule is CCOC(=O)COc1c(N2CCCC2)cc(C(=O)CN2Cc3cc(OCC)c(C(=O)NC)cc3C2=NC(=O)OCOC(C)=O)cc1C(C)(C)C. The first kappa shape index (κ1) is 37.7. The number of ether oxygens (including phenoxy) is 5. The maximum Gasteiger partial charge on any atom is 0.438 e. The van der Waals surface area contributed by atoms with Gasteiger partial charge in [0.15, 0.2) is 12.4 Å². The van der Waals surface area contributed by atoms with Gasteiger partial charge in [-0.25, -0.2) is 9.59 Å². The molecule has 0 spiro atoms. The van der Waals surface area contributed by atoms with Crippen LogP contribution in [0, 0.1) is 0 Å². The molecular weight excluding hydrogens is 648 g/mol. The van der Waals surface area contributed by atoms with Gasteiger partial charge >= 0.3 is 18.0 Å². The number of Topliss-reactive ketones (excluding diaryl/α,β-unsaturated/α-hetero) is 1. The lowest BCUT2D eigenvalue weighted by molar-refractivity contribution is -0.149. The van der Waals surface area contributed by atoms with Gasteiger partial charge < -0.3 is 38.8 Å². The first-order chi connectivity index (χ1) is 23.8. The Morgan fingerprint density at radius 2 is 1.64 bits per heavy atom. The number of aliphatic imine (C=N–C) groups is 1. The lowest BCUT2D eigenvalue weighted by Gasteiger charge is -2.29. The lowest BCUT2D eigenvalue weighted by Crippen LogP contribution is -2.32. The average molecular weight is 695 g/mol. The van der Waals surface area contributed by atoms with Gasteiger partial charge in [0.25, 0.3) is 5.91 Å². The number of carbonyl (C=O) groups is 5. The molecule has 2 aromatic rings. The molecule has 2 heterocycles. The van der Waals surface area contributed by atoms with Crippen LogP contribution in [-0.4, -0.2) is 93.8 Å². The first-order valence-corrected chi connectivity index (χ1v) is 16.7. The summed E-state index contributed by atoms with van der Waals surface area (Å²) in [7, 11) is 1.49. The minimum atomic E-state index is -1.05. The van der Waals surface area contributed by atoms with Gasteiger partial charge in [-0.1, -0.05) is 20.8 Å². The van der Waals surface area contributed by atoms with Crippen molar-refractivity contribution in [2.75, 3.05) is 58.2 Å². The van der Waals surface area contributed by atoms with Crippen LogP contribution in [0.5, 0.6) is 11.5 Å². The third kappa shape index (κ3) is 9.10. The normalized spacial score (nSPS) is 14.7. The number of hydrogen-bond donors (Lipinski definition) is 1. The van der Waals surface area contributed by atoms with Crippen LogP contribution < -0.4 is 19.7 Å². The van der Waals surface area contributed by atoms with E-state index in [9.17, 15) is 24.0 Å². The number of amides is 2. The highest BCUT2D eigenvalue weighted by atomic mass is 16.7. The van der Waals surface area contributed by atoms with Crippen LogP contribution in [0.2, 0.25) is 0 Å². The van der Waals surface area contributed by atoms with Crippen molar-refractivity contribution < 1.29 is 47.7 Å². The zero-order valence-electron chi connectivity index (χ0n) is 29.8. The summed E-state index contributed by atoms with van der Waals surface area (Å²) in [5.74, 6) is -0.809. The highest BCUT2D eigenvalue weighted by Crippen LogP contribution is 2.42. The Morgan fingerprint density at radius 3 is 2.26 bits per heavy atom. The van der Waals surface area contributed by atoms with Gasteiger partial charge in [-0.15, -0.1) is 0 Å². The Kier molecular flexibility index (Phi) is 12.4. The standard InChI is InChI=1S/C36H46N4O10/c1-8-46-30-16-24-18-40(33(25(24)17-26(30)34(44)37-7)38-35(45)50-21-49-22(3)41)19-29(42)23-14-27(36(4,5)6)32(48-20-31(43)47-9-2)28(15-23)39-12-10-11-13-39/h14-17H,8-13,18-21H2,1-7H3,(H,37,44). The van der Waals surface area contributed by atoms with Crippen molar-refractivity contribution in [3.63, 3.8) is 0 Å². The molecule has 2 amide bonds. The van der Waals surface area contributed by atoms with E-state index in [2.05, 4.69) is 15.2 Å². The second-order valence-corrected chi connectivity index (χ2v) is 12.8. The molecule has 1 saturated heterocycles. The Labute approximate surface area is 292 Å². The van der Waals surface area contributed by atoms with Crippen molar-refractivity contribution in [2.45, 2.75) is 66.3 Å². The number of nitrogens with zero attached hydrogens (tertiary/aromatic N) is 3. The van der Waals surface area contributed by atoms with Crippen LogP contribution >= 0.6 is 0 Å². The highest BCUT2D eigenvalue weighted by molar-refractivity contribution is 6.11. The Hall–Kier alpha value is -5.14. The van der Waals surface area contributed by atoms with Crippen LogP contribution in [0.1, 0.15) is 91.8 Å². The van der Waals surface area contributed by atoms with Gasteiger partial charge in [0, 0.05) is 50.3 Å². The number of hydrogen-bond acceptors (Lipinski definition) is 11. The fourth-order valence-corrected chi connectivity index (χ4v) is 5.82. The Morgan fingerprint density at radius 1 is 0.920 bits per heavy atom. The predicted molar refractivity (Wildman–Crippen MR) is 184 cm³/mol. The summed E-state index contributed by atoms with van der Waals surface area (Å²) in [5.41, 5.74) is 2.75. The summed E-state index contributed by atoms with van der Waals surface area (Å²) < 4.78 is 26.7. The van der Waals surface area contributed by atoms with Crippen molar-refractivity contribution in [1.29, 1.82) is 0 Å². The van der Waals surface area contributed by atoms with Crippen molar-refractivity contribution in [3.8, 4) is 11.5 Å². The molecule has 0 bridgehead atoms. The second-order valence-electron chi connectivity index (χ2n) is 12.8. The van der Waals surface area contributed by atoms with E-state index in [4.69, 9.17) is 23.7 Å².